The second kappa shape index (κ2) is 11.1. The Kier molecular flexibility index (Phi) is 9.46. The minimum absolute atomic E-state index is 0. The van der Waals surface area contributed by atoms with E-state index in [0.29, 0.717) is 24.7 Å². The van der Waals surface area contributed by atoms with E-state index >= 15 is 0 Å². The van der Waals surface area contributed by atoms with Crippen LogP contribution >= 0.6 is 24.0 Å². The molecule has 0 aliphatic carbocycles. The molecule has 0 atom stereocenters. The zero-order valence-corrected chi connectivity index (χ0v) is 17.7. The molecule has 0 aliphatic rings. The predicted octanol–water partition coefficient (Wildman–Crippen LogP) is 2.00. The van der Waals surface area contributed by atoms with E-state index < -0.39 is 0 Å². The zero-order chi connectivity index (χ0) is 17.4. The molecular weight excluding hydrogens is 433 g/mol. The van der Waals surface area contributed by atoms with Crippen LogP contribution in [0.1, 0.15) is 36.4 Å². The van der Waals surface area contributed by atoms with Crippen molar-refractivity contribution >= 4 is 29.9 Å². The quantitative estimate of drug-likeness (QED) is 0.271. The lowest BCUT2D eigenvalue weighted by molar-refractivity contribution is 0.374. The monoisotopic (exact) mass is 461 g/mol. The SMILES string of the molecule is CCNC(=NCCCn1nc(C)cc1C)NCCc1nc(C)no1.I. The fourth-order valence-corrected chi connectivity index (χ4v) is 2.38. The summed E-state index contributed by atoms with van der Waals surface area (Å²) in [6, 6.07) is 2.09. The average molecular weight is 461 g/mol. The molecule has 2 aromatic rings. The molecular formula is C16H28IN7O. The molecule has 2 N–H and O–H groups in total. The molecule has 140 valence electrons. The summed E-state index contributed by atoms with van der Waals surface area (Å²) < 4.78 is 7.13. The molecule has 9 heteroatoms. The Bertz CT molecular complexity index is 665. The second-order valence-corrected chi connectivity index (χ2v) is 5.68. The summed E-state index contributed by atoms with van der Waals surface area (Å²) in [6.07, 6.45) is 1.62. The Morgan fingerprint density at radius 1 is 1.28 bits per heavy atom. The fourth-order valence-electron chi connectivity index (χ4n) is 2.38. The van der Waals surface area contributed by atoms with Crippen LogP contribution < -0.4 is 10.6 Å². The standard InChI is InChI=1S/C16H27N7O.HI/c1-5-17-16(19-9-7-15-20-14(4)22-24-15)18-8-6-10-23-13(3)11-12(2)21-23;/h11H,5-10H2,1-4H3,(H2,17,18,19);1H. The summed E-state index contributed by atoms with van der Waals surface area (Å²) in [5.74, 6) is 2.11. The third kappa shape index (κ3) is 7.41. The van der Waals surface area contributed by atoms with Gasteiger partial charge in [0.1, 0.15) is 0 Å². The maximum absolute atomic E-state index is 5.10. The number of nitrogens with one attached hydrogen (secondary N) is 2. The van der Waals surface area contributed by atoms with Crippen LogP contribution in [0.15, 0.2) is 15.6 Å². The molecule has 0 saturated carbocycles. The number of aliphatic imine (C=N–C) groups is 1. The number of halogens is 1. The van der Waals surface area contributed by atoms with E-state index in [1.807, 2.05) is 18.5 Å². The lowest BCUT2D eigenvalue weighted by Crippen LogP contribution is -2.38. The lowest BCUT2D eigenvalue weighted by Gasteiger charge is -2.10. The van der Waals surface area contributed by atoms with Crippen molar-refractivity contribution in [2.24, 2.45) is 4.99 Å². The number of aryl methyl sites for hydroxylation is 4. The number of guanidine groups is 1. The van der Waals surface area contributed by atoms with Crippen LogP contribution in [0.3, 0.4) is 0 Å². The normalized spacial score (nSPS) is 11.3. The van der Waals surface area contributed by atoms with E-state index in [1.54, 1.807) is 0 Å². The van der Waals surface area contributed by atoms with Crippen molar-refractivity contribution in [2.75, 3.05) is 19.6 Å². The highest BCUT2D eigenvalue weighted by Gasteiger charge is 2.04. The Morgan fingerprint density at radius 2 is 2.08 bits per heavy atom. The zero-order valence-electron chi connectivity index (χ0n) is 15.4. The fraction of sp³-hybridized carbons (Fsp3) is 0.625. The molecule has 0 spiro atoms. The maximum atomic E-state index is 5.10. The van der Waals surface area contributed by atoms with Gasteiger partial charge < -0.3 is 15.2 Å². The minimum atomic E-state index is 0. The molecule has 0 saturated heterocycles. The van der Waals surface area contributed by atoms with Gasteiger partial charge in [-0.3, -0.25) is 9.67 Å². The molecule has 8 nitrogen and oxygen atoms in total. The minimum Gasteiger partial charge on any atom is -0.357 e. The topological polar surface area (TPSA) is 93.2 Å². The molecule has 0 unspecified atom stereocenters. The van der Waals surface area contributed by atoms with Crippen molar-refractivity contribution in [1.82, 2.24) is 30.6 Å². The van der Waals surface area contributed by atoms with E-state index in [9.17, 15) is 0 Å². The second-order valence-electron chi connectivity index (χ2n) is 5.68. The summed E-state index contributed by atoms with van der Waals surface area (Å²) in [5.41, 5.74) is 2.25. The van der Waals surface area contributed by atoms with Crippen molar-refractivity contribution in [3.8, 4) is 0 Å². The van der Waals surface area contributed by atoms with E-state index in [4.69, 9.17) is 4.52 Å². The molecule has 2 aromatic heterocycles. The molecule has 2 heterocycles. The maximum Gasteiger partial charge on any atom is 0.228 e. The van der Waals surface area contributed by atoms with Crippen molar-refractivity contribution in [3.05, 3.63) is 29.2 Å². The predicted molar refractivity (Wildman–Crippen MR) is 108 cm³/mol. The van der Waals surface area contributed by atoms with Gasteiger partial charge in [0.25, 0.3) is 0 Å². The van der Waals surface area contributed by atoms with Gasteiger partial charge in [-0.15, -0.1) is 24.0 Å². The Labute approximate surface area is 165 Å². The van der Waals surface area contributed by atoms with Crippen molar-refractivity contribution in [2.45, 2.75) is 47.1 Å². The number of hydrogen-bond donors (Lipinski definition) is 2. The lowest BCUT2D eigenvalue weighted by atomic mass is 10.4. The summed E-state index contributed by atoms with van der Waals surface area (Å²) in [6.45, 7) is 11.1. The highest BCUT2D eigenvalue weighted by molar-refractivity contribution is 14.0. The third-order valence-electron chi connectivity index (χ3n) is 3.45. The van der Waals surface area contributed by atoms with Gasteiger partial charge in [0.15, 0.2) is 11.8 Å². The van der Waals surface area contributed by atoms with Crippen LogP contribution in [-0.2, 0) is 13.0 Å². The number of hydrogen-bond acceptors (Lipinski definition) is 5. The Balaban J connectivity index is 0.00000312. The largest absolute Gasteiger partial charge is 0.357 e. The third-order valence-corrected chi connectivity index (χ3v) is 3.45. The Morgan fingerprint density at radius 3 is 2.68 bits per heavy atom. The first-order chi connectivity index (χ1) is 11.6. The summed E-state index contributed by atoms with van der Waals surface area (Å²) in [7, 11) is 0. The number of nitrogens with zero attached hydrogens (tertiary/aromatic N) is 5. The van der Waals surface area contributed by atoms with Gasteiger partial charge in [0.05, 0.1) is 5.69 Å². The van der Waals surface area contributed by atoms with Crippen molar-refractivity contribution in [3.63, 3.8) is 0 Å². The van der Waals surface area contributed by atoms with E-state index in [1.165, 1.54) is 5.69 Å². The molecule has 2 rings (SSSR count). The van der Waals surface area contributed by atoms with E-state index in [0.717, 1.165) is 37.7 Å². The number of aromatic nitrogens is 4. The van der Waals surface area contributed by atoms with Gasteiger partial charge in [0.2, 0.25) is 5.89 Å². The Hall–Kier alpha value is -1.65. The van der Waals surface area contributed by atoms with E-state index in [-0.39, 0.29) is 24.0 Å². The van der Waals surface area contributed by atoms with E-state index in [2.05, 4.69) is 50.8 Å². The summed E-state index contributed by atoms with van der Waals surface area (Å²) >= 11 is 0. The highest BCUT2D eigenvalue weighted by atomic mass is 127. The van der Waals surface area contributed by atoms with Crippen molar-refractivity contribution in [1.29, 1.82) is 0 Å². The van der Waals surface area contributed by atoms with Crippen LogP contribution in [0.2, 0.25) is 0 Å². The smallest absolute Gasteiger partial charge is 0.228 e. The molecule has 25 heavy (non-hydrogen) atoms. The molecule has 0 fully saturated rings. The van der Waals surface area contributed by atoms with Crippen molar-refractivity contribution < 1.29 is 4.52 Å². The highest BCUT2D eigenvalue weighted by Crippen LogP contribution is 2.02. The van der Waals surface area contributed by atoms with Crippen LogP contribution in [0.4, 0.5) is 0 Å². The molecule has 0 aliphatic heterocycles. The van der Waals surface area contributed by atoms with Gasteiger partial charge in [-0.1, -0.05) is 5.16 Å². The molecule has 0 radical (unpaired) electrons. The first-order valence-corrected chi connectivity index (χ1v) is 8.41. The van der Waals surface area contributed by atoms with Gasteiger partial charge in [0, 0.05) is 38.3 Å². The first kappa shape index (κ1) is 21.4. The first-order valence-electron chi connectivity index (χ1n) is 8.41. The summed E-state index contributed by atoms with van der Waals surface area (Å²) in [5, 5.41) is 14.8. The molecule has 0 amide bonds. The number of rotatable bonds is 8. The van der Waals surface area contributed by atoms with Gasteiger partial charge >= 0.3 is 0 Å². The summed E-state index contributed by atoms with van der Waals surface area (Å²) in [4.78, 5) is 8.77. The van der Waals surface area contributed by atoms with Gasteiger partial charge in [-0.05, 0) is 40.2 Å². The van der Waals surface area contributed by atoms with Crippen LogP contribution in [-0.4, -0.2) is 45.5 Å². The average Bonchev–Trinajstić information content (AvgIpc) is 3.08. The van der Waals surface area contributed by atoms with Gasteiger partial charge in [-0.25, -0.2) is 0 Å². The van der Waals surface area contributed by atoms with Crippen LogP contribution in [0.25, 0.3) is 0 Å². The van der Waals surface area contributed by atoms with Crippen LogP contribution in [0.5, 0.6) is 0 Å². The van der Waals surface area contributed by atoms with Gasteiger partial charge in [-0.2, -0.15) is 10.1 Å². The molecule has 0 aromatic carbocycles. The molecule has 0 bridgehead atoms. The van der Waals surface area contributed by atoms with Crippen LogP contribution in [0, 0.1) is 20.8 Å².